The lowest BCUT2D eigenvalue weighted by Crippen LogP contribution is -2.06. The number of fused-ring (bicyclic) bond motifs is 1. The van der Waals surface area contributed by atoms with Gasteiger partial charge in [-0.05, 0) is 11.5 Å². The van der Waals surface area contributed by atoms with Crippen LogP contribution in [0.2, 0.25) is 0 Å². The molecule has 0 aliphatic heterocycles. The molecule has 0 amide bonds. The SMILES string of the molecule is Cn1ccnc1CCn1ccnc1-c1cccc2cnccc12. The number of benzene rings is 1. The van der Waals surface area contributed by atoms with Crippen molar-refractivity contribution in [3.8, 4) is 11.4 Å². The summed E-state index contributed by atoms with van der Waals surface area (Å²) in [6, 6.07) is 8.29. The average Bonchev–Trinajstić information content (AvgIpc) is 3.21. The summed E-state index contributed by atoms with van der Waals surface area (Å²) in [7, 11) is 2.02. The van der Waals surface area contributed by atoms with Gasteiger partial charge in [0, 0.05) is 68.1 Å². The summed E-state index contributed by atoms with van der Waals surface area (Å²) in [6.07, 6.45) is 12.3. The van der Waals surface area contributed by atoms with E-state index in [4.69, 9.17) is 0 Å². The molecule has 0 fully saturated rings. The number of rotatable bonds is 4. The van der Waals surface area contributed by atoms with Gasteiger partial charge in [-0.2, -0.15) is 0 Å². The van der Waals surface area contributed by atoms with Crippen LogP contribution in [0, 0.1) is 0 Å². The second kappa shape index (κ2) is 5.68. The van der Waals surface area contributed by atoms with Gasteiger partial charge in [0.1, 0.15) is 11.6 Å². The Balaban J connectivity index is 1.70. The average molecular weight is 303 g/mol. The first kappa shape index (κ1) is 13.7. The van der Waals surface area contributed by atoms with E-state index in [2.05, 4.69) is 42.3 Å². The Morgan fingerprint density at radius 2 is 1.91 bits per heavy atom. The molecule has 0 bridgehead atoms. The first-order valence-corrected chi connectivity index (χ1v) is 7.63. The van der Waals surface area contributed by atoms with E-state index in [1.54, 1.807) is 0 Å². The van der Waals surface area contributed by atoms with Gasteiger partial charge < -0.3 is 9.13 Å². The van der Waals surface area contributed by atoms with Crippen LogP contribution in [-0.2, 0) is 20.0 Å². The molecule has 3 aromatic heterocycles. The van der Waals surface area contributed by atoms with Crippen molar-refractivity contribution in [1.29, 1.82) is 0 Å². The fourth-order valence-corrected chi connectivity index (χ4v) is 2.91. The molecule has 23 heavy (non-hydrogen) atoms. The molecule has 0 N–H and O–H groups in total. The molecule has 0 saturated carbocycles. The predicted octanol–water partition coefficient (Wildman–Crippen LogP) is 3.07. The van der Waals surface area contributed by atoms with Crippen molar-refractivity contribution in [2.45, 2.75) is 13.0 Å². The van der Waals surface area contributed by atoms with E-state index in [1.165, 1.54) is 5.39 Å². The van der Waals surface area contributed by atoms with Crippen molar-refractivity contribution >= 4 is 10.8 Å². The lowest BCUT2D eigenvalue weighted by molar-refractivity contribution is 0.655. The van der Waals surface area contributed by atoms with Crippen LogP contribution in [0.15, 0.2) is 61.4 Å². The zero-order valence-corrected chi connectivity index (χ0v) is 12.9. The molecular weight excluding hydrogens is 286 g/mol. The van der Waals surface area contributed by atoms with Crippen molar-refractivity contribution < 1.29 is 0 Å². The number of hydrogen-bond donors (Lipinski definition) is 0. The summed E-state index contributed by atoms with van der Waals surface area (Å²) >= 11 is 0. The predicted molar refractivity (Wildman–Crippen MR) is 89.9 cm³/mol. The van der Waals surface area contributed by atoms with Gasteiger partial charge >= 0.3 is 0 Å². The third-order valence-electron chi connectivity index (χ3n) is 4.13. The number of nitrogens with zero attached hydrogens (tertiary/aromatic N) is 5. The maximum Gasteiger partial charge on any atom is 0.140 e. The molecule has 0 unspecified atom stereocenters. The summed E-state index contributed by atoms with van der Waals surface area (Å²) in [5.74, 6) is 2.06. The molecule has 3 heterocycles. The van der Waals surface area contributed by atoms with Gasteiger partial charge in [0.15, 0.2) is 0 Å². The van der Waals surface area contributed by atoms with Crippen LogP contribution in [-0.4, -0.2) is 24.1 Å². The molecular formula is C18H17N5. The summed E-state index contributed by atoms with van der Waals surface area (Å²) < 4.78 is 4.24. The van der Waals surface area contributed by atoms with Crippen molar-refractivity contribution in [1.82, 2.24) is 24.1 Å². The molecule has 5 heteroatoms. The molecule has 114 valence electrons. The Morgan fingerprint density at radius 1 is 1.00 bits per heavy atom. The van der Waals surface area contributed by atoms with E-state index in [-0.39, 0.29) is 0 Å². The number of hydrogen-bond acceptors (Lipinski definition) is 3. The maximum atomic E-state index is 4.57. The molecule has 0 atom stereocenters. The van der Waals surface area contributed by atoms with Gasteiger partial charge in [-0.15, -0.1) is 0 Å². The van der Waals surface area contributed by atoms with Crippen molar-refractivity contribution in [3.05, 3.63) is 67.3 Å². The Labute approximate surface area is 134 Å². The van der Waals surface area contributed by atoms with Crippen LogP contribution in [0.3, 0.4) is 0 Å². The lowest BCUT2D eigenvalue weighted by atomic mass is 10.1. The quantitative estimate of drug-likeness (QED) is 0.582. The van der Waals surface area contributed by atoms with Gasteiger partial charge in [0.05, 0.1) is 0 Å². The third-order valence-corrected chi connectivity index (χ3v) is 4.13. The second-order valence-electron chi connectivity index (χ2n) is 5.55. The highest BCUT2D eigenvalue weighted by atomic mass is 15.1. The largest absolute Gasteiger partial charge is 0.338 e. The fourth-order valence-electron chi connectivity index (χ4n) is 2.91. The number of aromatic nitrogens is 5. The Morgan fingerprint density at radius 3 is 2.78 bits per heavy atom. The smallest absolute Gasteiger partial charge is 0.140 e. The number of pyridine rings is 1. The van der Waals surface area contributed by atoms with E-state index in [1.807, 2.05) is 50.3 Å². The minimum atomic E-state index is 0.849. The highest BCUT2D eigenvalue weighted by Crippen LogP contribution is 2.27. The lowest BCUT2D eigenvalue weighted by Gasteiger charge is -2.10. The monoisotopic (exact) mass is 303 g/mol. The van der Waals surface area contributed by atoms with Crippen LogP contribution in [0.5, 0.6) is 0 Å². The molecule has 0 aliphatic carbocycles. The topological polar surface area (TPSA) is 48.5 Å². The van der Waals surface area contributed by atoms with Crippen LogP contribution in [0.25, 0.3) is 22.2 Å². The van der Waals surface area contributed by atoms with E-state index >= 15 is 0 Å². The molecule has 1 aromatic carbocycles. The highest BCUT2D eigenvalue weighted by molar-refractivity contribution is 5.94. The van der Waals surface area contributed by atoms with Crippen LogP contribution in [0.1, 0.15) is 5.82 Å². The van der Waals surface area contributed by atoms with E-state index in [0.717, 1.165) is 35.6 Å². The van der Waals surface area contributed by atoms with Gasteiger partial charge in [0.25, 0.3) is 0 Å². The first-order valence-electron chi connectivity index (χ1n) is 7.63. The second-order valence-corrected chi connectivity index (χ2v) is 5.55. The number of imidazole rings is 2. The van der Waals surface area contributed by atoms with Crippen molar-refractivity contribution in [2.24, 2.45) is 7.05 Å². The van der Waals surface area contributed by atoms with E-state index < -0.39 is 0 Å². The molecule has 0 aliphatic rings. The Hall–Kier alpha value is -2.95. The summed E-state index contributed by atoms with van der Waals surface area (Å²) in [4.78, 5) is 13.2. The van der Waals surface area contributed by atoms with Gasteiger partial charge in [0.2, 0.25) is 0 Å². The van der Waals surface area contributed by atoms with Crippen molar-refractivity contribution in [3.63, 3.8) is 0 Å². The van der Waals surface area contributed by atoms with Gasteiger partial charge in [-0.25, -0.2) is 9.97 Å². The Bertz CT molecular complexity index is 945. The number of aryl methyl sites for hydroxylation is 3. The minimum absolute atomic E-state index is 0.849. The molecule has 4 rings (SSSR count). The fraction of sp³-hybridized carbons (Fsp3) is 0.167. The van der Waals surface area contributed by atoms with E-state index in [9.17, 15) is 0 Å². The molecule has 0 radical (unpaired) electrons. The molecule has 0 saturated heterocycles. The van der Waals surface area contributed by atoms with Crippen LogP contribution >= 0.6 is 0 Å². The minimum Gasteiger partial charge on any atom is -0.338 e. The highest BCUT2D eigenvalue weighted by Gasteiger charge is 2.10. The zero-order valence-electron chi connectivity index (χ0n) is 12.9. The van der Waals surface area contributed by atoms with Crippen LogP contribution in [0.4, 0.5) is 0 Å². The third kappa shape index (κ3) is 2.50. The summed E-state index contributed by atoms with van der Waals surface area (Å²) in [6.45, 7) is 0.849. The first-order chi connectivity index (χ1) is 11.3. The Kier molecular flexibility index (Phi) is 3.38. The summed E-state index contributed by atoms with van der Waals surface area (Å²) in [5.41, 5.74) is 1.13. The van der Waals surface area contributed by atoms with Gasteiger partial charge in [-0.3, -0.25) is 4.98 Å². The van der Waals surface area contributed by atoms with Crippen LogP contribution < -0.4 is 0 Å². The molecule has 0 spiro atoms. The standard InChI is InChI=1S/C18H17N5/c1-22-11-8-20-17(22)6-10-23-12-9-21-18(23)16-4-2-3-14-13-19-7-5-15(14)16/h2-5,7-9,11-13H,6,10H2,1H3. The normalized spacial score (nSPS) is 11.2. The summed E-state index contributed by atoms with van der Waals surface area (Å²) in [5, 5.41) is 2.30. The van der Waals surface area contributed by atoms with Gasteiger partial charge in [-0.1, -0.05) is 18.2 Å². The van der Waals surface area contributed by atoms with E-state index in [0.29, 0.717) is 0 Å². The molecule has 4 aromatic rings. The zero-order chi connectivity index (χ0) is 15.6. The maximum absolute atomic E-state index is 4.57. The molecule has 5 nitrogen and oxygen atoms in total. The van der Waals surface area contributed by atoms with Crippen molar-refractivity contribution in [2.75, 3.05) is 0 Å².